The summed E-state index contributed by atoms with van der Waals surface area (Å²) in [5.74, 6) is 0.971. The van der Waals surface area contributed by atoms with Crippen molar-refractivity contribution in [2.75, 3.05) is 0 Å². The summed E-state index contributed by atoms with van der Waals surface area (Å²) in [5.41, 5.74) is 3.69. The lowest BCUT2D eigenvalue weighted by Gasteiger charge is -2.04. The van der Waals surface area contributed by atoms with E-state index in [9.17, 15) is 0 Å². The Morgan fingerprint density at radius 3 is 2.33 bits per heavy atom. The van der Waals surface area contributed by atoms with Crippen LogP contribution in [-0.2, 0) is 18.8 Å². The molecule has 0 unspecified atom stereocenters. The molecular formula is C16H18OS. The third-order valence-corrected chi connectivity index (χ3v) is 3.98. The summed E-state index contributed by atoms with van der Waals surface area (Å²) >= 11 is 1.81. The number of thioether (sulfide) groups is 1. The van der Waals surface area contributed by atoms with Crippen molar-refractivity contribution in [3.8, 4) is 0 Å². The molecule has 0 atom stereocenters. The first kappa shape index (κ1) is 13.2. The number of hydrogen-bond acceptors (Lipinski definition) is 2. The van der Waals surface area contributed by atoms with E-state index >= 15 is 0 Å². The van der Waals surface area contributed by atoms with Crippen LogP contribution in [0.15, 0.2) is 53.4 Å². The number of aryl methyl sites for hydroxylation is 1. The lowest BCUT2D eigenvalue weighted by atomic mass is 10.1. The molecule has 1 nitrogen and oxygen atoms in total. The maximum atomic E-state index is 9.10. The van der Waals surface area contributed by atoms with Gasteiger partial charge in [-0.05, 0) is 35.2 Å². The number of hydrogen-bond donors (Lipinski definition) is 1. The molecule has 0 aromatic heterocycles. The zero-order valence-electron chi connectivity index (χ0n) is 10.6. The first-order valence-corrected chi connectivity index (χ1v) is 7.21. The van der Waals surface area contributed by atoms with Crippen molar-refractivity contribution in [3.05, 3.63) is 65.2 Å². The highest BCUT2D eigenvalue weighted by Gasteiger charge is 1.98. The zero-order chi connectivity index (χ0) is 12.8. The zero-order valence-corrected chi connectivity index (χ0v) is 11.4. The summed E-state index contributed by atoms with van der Waals surface area (Å²) < 4.78 is 0. The molecule has 18 heavy (non-hydrogen) atoms. The molecule has 0 radical (unpaired) electrons. The lowest BCUT2D eigenvalue weighted by Crippen LogP contribution is -1.85. The number of benzene rings is 2. The van der Waals surface area contributed by atoms with Crippen LogP contribution in [0.1, 0.15) is 23.6 Å². The Bertz CT molecular complexity index is 491. The minimum Gasteiger partial charge on any atom is -0.392 e. The molecule has 0 aliphatic rings. The molecule has 0 amide bonds. The quantitative estimate of drug-likeness (QED) is 0.817. The predicted molar refractivity (Wildman–Crippen MR) is 77.7 cm³/mol. The van der Waals surface area contributed by atoms with Gasteiger partial charge in [-0.15, -0.1) is 11.8 Å². The van der Waals surface area contributed by atoms with Crippen molar-refractivity contribution in [2.24, 2.45) is 0 Å². The Hall–Kier alpha value is -1.25. The smallest absolute Gasteiger partial charge is 0.0682 e. The van der Waals surface area contributed by atoms with Crippen molar-refractivity contribution in [2.45, 2.75) is 30.6 Å². The van der Waals surface area contributed by atoms with E-state index in [0.29, 0.717) is 0 Å². The third-order valence-electron chi connectivity index (χ3n) is 2.92. The summed E-state index contributed by atoms with van der Waals surface area (Å²) in [7, 11) is 0. The highest BCUT2D eigenvalue weighted by atomic mass is 32.2. The normalized spacial score (nSPS) is 10.6. The average Bonchev–Trinajstić information content (AvgIpc) is 2.46. The number of aliphatic hydroxyl groups excluding tert-OH is 1. The SMILES string of the molecule is CCc1ccc(CSc2cccc(CO)c2)cc1. The van der Waals surface area contributed by atoms with Crippen LogP contribution < -0.4 is 0 Å². The summed E-state index contributed by atoms with van der Waals surface area (Å²) in [4.78, 5) is 1.21. The molecule has 0 aliphatic carbocycles. The molecule has 0 bridgehead atoms. The summed E-state index contributed by atoms with van der Waals surface area (Å²) in [6, 6.07) is 16.9. The van der Waals surface area contributed by atoms with Gasteiger partial charge in [-0.25, -0.2) is 0 Å². The van der Waals surface area contributed by atoms with Crippen LogP contribution in [0.4, 0.5) is 0 Å². The van der Waals surface area contributed by atoms with E-state index in [-0.39, 0.29) is 6.61 Å². The van der Waals surface area contributed by atoms with Gasteiger partial charge in [0, 0.05) is 10.6 Å². The van der Waals surface area contributed by atoms with E-state index in [0.717, 1.165) is 17.7 Å². The van der Waals surface area contributed by atoms with Crippen LogP contribution in [0.25, 0.3) is 0 Å². The number of aliphatic hydroxyl groups is 1. The van der Waals surface area contributed by atoms with Crippen LogP contribution >= 0.6 is 11.8 Å². The topological polar surface area (TPSA) is 20.2 Å². The van der Waals surface area contributed by atoms with Crippen molar-refractivity contribution in [1.82, 2.24) is 0 Å². The molecule has 1 N–H and O–H groups in total. The highest BCUT2D eigenvalue weighted by molar-refractivity contribution is 7.98. The second kappa shape index (κ2) is 6.62. The predicted octanol–water partition coefficient (Wildman–Crippen LogP) is 4.03. The first-order chi connectivity index (χ1) is 8.81. The van der Waals surface area contributed by atoms with Gasteiger partial charge in [0.05, 0.1) is 6.61 Å². The van der Waals surface area contributed by atoms with Crippen LogP contribution in [0.5, 0.6) is 0 Å². The van der Waals surface area contributed by atoms with Gasteiger partial charge in [0.1, 0.15) is 0 Å². The Kier molecular flexibility index (Phi) is 4.85. The first-order valence-electron chi connectivity index (χ1n) is 6.22. The van der Waals surface area contributed by atoms with Crippen molar-refractivity contribution in [1.29, 1.82) is 0 Å². The standard InChI is InChI=1S/C16H18OS/c1-2-13-6-8-14(9-7-13)12-18-16-5-3-4-15(10-16)11-17/h3-10,17H,2,11-12H2,1H3. The van der Waals surface area contributed by atoms with Gasteiger partial charge in [-0.1, -0.05) is 43.3 Å². The molecule has 94 valence electrons. The molecule has 0 saturated carbocycles. The molecule has 0 saturated heterocycles. The second-order valence-corrected chi connectivity index (χ2v) is 5.31. The van der Waals surface area contributed by atoms with Crippen LogP contribution in [0.3, 0.4) is 0 Å². The fourth-order valence-electron chi connectivity index (χ4n) is 1.77. The fraction of sp³-hybridized carbons (Fsp3) is 0.250. The number of rotatable bonds is 5. The monoisotopic (exact) mass is 258 g/mol. The Morgan fingerprint density at radius 2 is 1.67 bits per heavy atom. The molecule has 0 aliphatic heterocycles. The molecule has 2 rings (SSSR count). The van der Waals surface area contributed by atoms with Gasteiger partial charge in [0.15, 0.2) is 0 Å². The molecule has 2 aromatic carbocycles. The highest BCUT2D eigenvalue weighted by Crippen LogP contribution is 2.23. The van der Waals surface area contributed by atoms with E-state index in [1.54, 1.807) is 11.8 Å². The molecule has 0 fully saturated rings. The molecule has 2 aromatic rings. The van der Waals surface area contributed by atoms with Crippen LogP contribution in [-0.4, -0.2) is 5.11 Å². The van der Waals surface area contributed by atoms with Gasteiger partial charge in [-0.2, -0.15) is 0 Å². The average molecular weight is 258 g/mol. The van der Waals surface area contributed by atoms with Crippen molar-refractivity contribution in [3.63, 3.8) is 0 Å². The molecule has 0 spiro atoms. The second-order valence-electron chi connectivity index (χ2n) is 4.26. The van der Waals surface area contributed by atoms with E-state index in [2.05, 4.69) is 37.3 Å². The fourth-order valence-corrected chi connectivity index (χ4v) is 2.71. The van der Waals surface area contributed by atoms with Crippen LogP contribution in [0.2, 0.25) is 0 Å². The maximum absolute atomic E-state index is 9.10. The summed E-state index contributed by atoms with van der Waals surface area (Å²) in [5, 5.41) is 9.10. The van der Waals surface area contributed by atoms with E-state index in [4.69, 9.17) is 5.11 Å². The Labute approximate surface area is 113 Å². The third kappa shape index (κ3) is 3.62. The lowest BCUT2D eigenvalue weighted by molar-refractivity contribution is 0.281. The van der Waals surface area contributed by atoms with Crippen LogP contribution in [0, 0.1) is 0 Å². The maximum Gasteiger partial charge on any atom is 0.0682 e. The van der Waals surface area contributed by atoms with Crippen molar-refractivity contribution >= 4 is 11.8 Å². The Balaban J connectivity index is 1.97. The van der Waals surface area contributed by atoms with Crippen molar-refractivity contribution < 1.29 is 5.11 Å². The van der Waals surface area contributed by atoms with Gasteiger partial charge in [-0.3, -0.25) is 0 Å². The van der Waals surface area contributed by atoms with E-state index < -0.39 is 0 Å². The van der Waals surface area contributed by atoms with Gasteiger partial charge in [0.2, 0.25) is 0 Å². The van der Waals surface area contributed by atoms with Gasteiger partial charge < -0.3 is 5.11 Å². The Morgan fingerprint density at radius 1 is 0.944 bits per heavy atom. The van der Waals surface area contributed by atoms with E-state index in [1.165, 1.54) is 16.0 Å². The largest absolute Gasteiger partial charge is 0.392 e. The van der Waals surface area contributed by atoms with Gasteiger partial charge in [0.25, 0.3) is 0 Å². The molecule has 2 heteroatoms. The van der Waals surface area contributed by atoms with Gasteiger partial charge >= 0.3 is 0 Å². The van der Waals surface area contributed by atoms with E-state index in [1.807, 2.05) is 18.2 Å². The minimum atomic E-state index is 0.111. The minimum absolute atomic E-state index is 0.111. The summed E-state index contributed by atoms with van der Waals surface area (Å²) in [6.07, 6.45) is 1.09. The summed E-state index contributed by atoms with van der Waals surface area (Å²) in [6.45, 7) is 2.28. The molecule has 0 heterocycles. The molecular weight excluding hydrogens is 240 g/mol.